The monoisotopic (exact) mass is 352 g/mol. The molecule has 2 aromatic carbocycles. The summed E-state index contributed by atoms with van der Waals surface area (Å²) in [7, 11) is 0. The molecule has 0 aliphatic carbocycles. The number of rotatable bonds is 2. The molecule has 0 N–H and O–H groups in total. The lowest BCUT2D eigenvalue weighted by molar-refractivity contribution is -0.190. The Morgan fingerprint density at radius 2 is 1.33 bits per heavy atom. The maximum absolute atomic E-state index is 12.3. The smallest absolute Gasteiger partial charge is 0.420 e. The molecule has 2 rings (SSSR count). The first kappa shape index (κ1) is 17.6. The van der Waals surface area contributed by atoms with E-state index in [9.17, 15) is 35.9 Å². The van der Waals surface area contributed by atoms with Crippen LogP contribution in [0.2, 0.25) is 0 Å². The van der Waals surface area contributed by atoms with Crippen LogP contribution in [0, 0.1) is 0 Å². The van der Waals surface area contributed by atoms with Crippen molar-refractivity contribution >= 4 is 22.7 Å². The Balaban J connectivity index is 2.45. The van der Waals surface area contributed by atoms with Crippen molar-refractivity contribution in [2.45, 2.75) is 12.4 Å². The summed E-state index contributed by atoms with van der Waals surface area (Å²) in [5.74, 6) is -6.54. The second-order valence-electron chi connectivity index (χ2n) is 4.42. The first-order valence-corrected chi connectivity index (χ1v) is 6.09. The van der Waals surface area contributed by atoms with Crippen molar-refractivity contribution in [3.05, 3.63) is 36.4 Å². The van der Waals surface area contributed by atoms with Crippen LogP contribution in [-0.4, -0.2) is 24.3 Å². The standard InChI is InChI=1S/C14H6F6O4/c15-13(16,17)11(21)23-8-5-7-3-1-2-4-9(7)10(6-8)24-12(22)14(18,19)20/h1-6H. The molecule has 0 fully saturated rings. The summed E-state index contributed by atoms with van der Waals surface area (Å²) in [6.45, 7) is 0. The van der Waals surface area contributed by atoms with Gasteiger partial charge >= 0.3 is 24.3 Å². The van der Waals surface area contributed by atoms with Crippen molar-refractivity contribution in [1.29, 1.82) is 0 Å². The van der Waals surface area contributed by atoms with Crippen molar-refractivity contribution in [2.24, 2.45) is 0 Å². The fourth-order valence-corrected chi connectivity index (χ4v) is 1.72. The van der Waals surface area contributed by atoms with Crippen LogP contribution >= 0.6 is 0 Å². The maximum Gasteiger partial charge on any atom is 0.491 e. The fraction of sp³-hybridized carbons (Fsp3) is 0.143. The lowest BCUT2D eigenvalue weighted by atomic mass is 10.1. The number of ether oxygens (including phenoxy) is 2. The molecule has 0 saturated carbocycles. The number of hydrogen-bond donors (Lipinski definition) is 0. The molecule has 2 aromatic rings. The highest BCUT2D eigenvalue weighted by Crippen LogP contribution is 2.33. The number of alkyl halides is 6. The van der Waals surface area contributed by atoms with E-state index >= 15 is 0 Å². The number of carbonyl (C=O) groups excluding carboxylic acids is 2. The van der Waals surface area contributed by atoms with Gasteiger partial charge in [-0.05, 0) is 11.5 Å². The molecule has 0 spiro atoms. The van der Waals surface area contributed by atoms with Gasteiger partial charge in [0.05, 0.1) is 0 Å². The second kappa shape index (κ2) is 6.02. The first-order chi connectivity index (χ1) is 11.0. The van der Waals surface area contributed by atoms with Crippen LogP contribution in [-0.2, 0) is 9.59 Å². The van der Waals surface area contributed by atoms with E-state index in [1.165, 1.54) is 24.3 Å². The van der Waals surface area contributed by atoms with E-state index < -0.39 is 35.8 Å². The Labute approximate surface area is 129 Å². The molecule has 4 nitrogen and oxygen atoms in total. The summed E-state index contributed by atoms with van der Waals surface area (Å²) in [4.78, 5) is 21.8. The van der Waals surface area contributed by atoms with Gasteiger partial charge < -0.3 is 9.47 Å². The molecular weight excluding hydrogens is 346 g/mol. The van der Waals surface area contributed by atoms with E-state index in [-0.39, 0.29) is 10.8 Å². The van der Waals surface area contributed by atoms with Crippen LogP contribution in [0.1, 0.15) is 0 Å². The number of esters is 2. The molecule has 0 saturated heterocycles. The summed E-state index contributed by atoms with van der Waals surface area (Å²) in [5, 5.41) is 0.122. The number of fused-ring (bicyclic) bond motifs is 1. The van der Waals surface area contributed by atoms with E-state index in [0.717, 1.165) is 6.07 Å². The molecule has 0 heterocycles. The predicted octanol–water partition coefficient (Wildman–Crippen LogP) is 3.78. The van der Waals surface area contributed by atoms with E-state index in [0.29, 0.717) is 6.07 Å². The third-order valence-corrected chi connectivity index (χ3v) is 2.67. The highest BCUT2D eigenvalue weighted by molar-refractivity contribution is 5.93. The zero-order valence-electron chi connectivity index (χ0n) is 11.4. The third kappa shape index (κ3) is 3.94. The Bertz CT molecular complexity index is 794. The molecule has 0 aliphatic heterocycles. The largest absolute Gasteiger partial charge is 0.491 e. The minimum atomic E-state index is -5.31. The van der Waals surface area contributed by atoms with E-state index in [1.54, 1.807) is 0 Å². The van der Waals surface area contributed by atoms with Gasteiger partial charge in [-0.1, -0.05) is 24.3 Å². The van der Waals surface area contributed by atoms with E-state index in [4.69, 9.17) is 0 Å². The Hall–Kier alpha value is -2.78. The Morgan fingerprint density at radius 3 is 1.92 bits per heavy atom. The van der Waals surface area contributed by atoms with Crippen LogP contribution < -0.4 is 9.47 Å². The SMILES string of the molecule is O=C(Oc1cc(OC(=O)C(F)(F)F)c2ccccc2c1)C(F)(F)F. The van der Waals surface area contributed by atoms with Crippen LogP contribution in [0.3, 0.4) is 0 Å². The number of hydrogen-bond acceptors (Lipinski definition) is 4. The molecule has 0 bridgehead atoms. The number of halogens is 6. The summed E-state index contributed by atoms with van der Waals surface area (Å²) in [6, 6.07) is 7.04. The number of carbonyl (C=O) groups is 2. The van der Waals surface area contributed by atoms with Crippen molar-refractivity contribution < 1.29 is 45.4 Å². The molecule has 0 radical (unpaired) electrons. The highest BCUT2D eigenvalue weighted by Gasteiger charge is 2.42. The molecule has 0 aromatic heterocycles. The zero-order valence-corrected chi connectivity index (χ0v) is 11.4. The Kier molecular flexibility index (Phi) is 4.41. The Morgan fingerprint density at radius 1 is 0.792 bits per heavy atom. The van der Waals surface area contributed by atoms with Crippen LogP contribution in [0.4, 0.5) is 26.3 Å². The summed E-state index contributed by atoms with van der Waals surface area (Å²) < 4.78 is 81.7. The third-order valence-electron chi connectivity index (χ3n) is 2.67. The predicted molar refractivity (Wildman–Crippen MR) is 67.3 cm³/mol. The lowest BCUT2D eigenvalue weighted by Gasteiger charge is -2.12. The molecular formula is C14H6F6O4. The van der Waals surface area contributed by atoms with Gasteiger partial charge in [0.25, 0.3) is 0 Å². The summed E-state index contributed by atoms with van der Waals surface area (Å²) >= 11 is 0. The van der Waals surface area contributed by atoms with Crippen LogP contribution in [0.25, 0.3) is 10.8 Å². The fourth-order valence-electron chi connectivity index (χ4n) is 1.72. The molecule has 24 heavy (non-hydrogen) atoms. The average Bonchev–Trinajstić information content (AvgIpc) is 2.45. The van der Waals surface area contributed by atoms with Crippen LogP contribution in [0.15, 0.2) is 36.4 Å². The summed E-state index contributed by atoms with van der Waals surface area (Å²) in [6.07, 6.45) is -10.6. The van der Waals surface area contributed by atoms with Crippen LogP contribution in [0.5, 0.6) is 11.5 Å². The van der Waals surface area contributed by atoms with Gasteiger partial charge in [-0.3, -0.25) is 0 Å². The molecule has 10 heteroatoms. The van der Waals surface area contributed by atoms with Crippen molar-refractivity contribution in [2.75, 3.05) is 0 Å². The average molecular weight is 352 g/mol. The van der Waals surface area contributed by atoms with Crippen molar-refractivity contribution in [3.8, 4) is 11.5 Å². The van der Waals surface area contributed by atoms with Crippen molar-refractivity contribution in [1.82, 2.24) is 0 Å². The minimum absolute atomic E-state index is 0.0157. The van der Waals surface area contributed by atoms with Gasteiger partial charge in [-0.15, -0.1) is 0 Å². The highest BCUT2D eigenvalue weighted by atomic mass is 19.4. The van der Waals surface area contributed by atoms with Crippen molar-refractivity contribution in [3.63, 3.8) is 0 Å². The summed E-state index contributed by atoms with van der Waals surface area (Å²) in [5.41, 5.74) is 0. The number of benzene rings is 2. The molecule has 128 valence electrons. The van der Waals surface area contributed by atoms with Gasteiger partial charge in [0.15, 0.2) is 0 Å². The van der Waals surface area contributed by atoms with Gasteiger partial charge in [0.1, 0.15) is 11.5 Å². The zero-order chi connectivity index (χ0) is 18.1. The normalized spacial score (nSPS) is 12.1. The molecule has 0 unspecified atom stereocenters. The second-order valence-corrected chi connectivity index (χ2v) is 4.42. The topological polar surface area (TPSA) is 52.6 Å². The van der Waals surface area contributed by atoms with E-state index in [2.05, 4.69) is 9.47 Å². The first-order valence-electron chi connectivity index (χ1n) is 6.09. The maximum atomic E-state index is 12.3. The van der Waals surface area contributed by atoms with Gasteiger partial charge in [-0.2, -0.15) is 26.3 Å². The van der Waals surface area contributed by atoms with Gasteiger partial charge in [0.2, 0.25) is 0 Å². The molecule has 0 amide bonds. The van der Waals surface area contributed by atoms with E-state index in [1.807, 2.05) is 0 Å². The quantitative estimate of drug-likeness (QED) is 0.469. The molecule has 0 atom stereocenters. The lowest BCUT2D eigenvalue weighted by Crippen LogP contribution is -2.28. The van der Waals surface area contributed by atoms with Gasteiger partial charge in [0, 0.05) is 11.5 Å². The van der Waals surface area contributed by atoms with Gasteiger partial charge in [-0.25, -0.2) is 9.59 Å². The molecule has 0 aliphatic rings. The minimum Gasteiger partial charge on any atom is -0.420 e.